The molecule has 3 heterocycles. The lowest BCUT2D eigenvalue weighted by Gasteiger charge is -2.04. The van der Waals surface area contributed by atoms with Gasteiger partial charge in [-0.25, -0.2) is 14.1 Å². The Kier molecular flexibility index (Phi) is 3.98. The van der Waals surface area contributed by atoms with Crippen molar-refractivity contribution in [3.63, 3.8) is 0 Å². The molecule has 5 aromatic rings. The minimum atomic E-state index is 0.567. The van der Waals surface area contributed by atoms with Crippen molar-refractivity contribution < 1.29 is 8.98 Å². The summed E-state index contributed by atoms with van der Waals surface area (Å²) >= 11 is 0. The average molecular weight is 385 g/mol. The zero-order valence-electron chi connectivity index (χ0n) is 17.7. The fraction of sp³-hybridized carbons (Fsp3) is 0.280. The maximum atomic E-state index is 6.41. The van der Waals surface area contributed by atoms with E-state index in [9.17, 15) is 0 Å². The number of imidazole rings is 1. The molecule has 0 radical (unpaired) electrons. The minimum Gasteiger partial charge on any atom is -0.437 e. The third kappa shape index (κ3) is 2.66. The van der Waals surface area contributed by atoms with Crippen LogP contribution in [0, 0.1) is 12.8 Å². The molecule has 4 nitrogen and oxygen atoms in total. The van der Waals surface area contributed by atoms with Crippen LogP contribution in [-0.2, 0) is 20.5 Å². The van der Waals surface area contributed by atoms with Crippen LogP contribution in [0.4, 0.5) is 0 Å². The normalized spacial score (nSPS) is 12.1. The highest BCUT2D eigenvalue weighted by Crippen LogP contribution is 2.37. The maximum Gasteiger partial charge on any atom is 0.293 e. The molecule has 0 spiro atoms. The molecule has 3 aromatic heterocycles. The molecule has 0 aliphatic rings. The number of para-hydroxylation sites is 2. The van der Waals surface area contributed by atoms with E-state index < -0.39 is 0 Å². The Morgan fingerprint density at radius 2 is 1.79 bits per heavy atom. The largest absolute Gasteiger partial charge is 0.437 e. The molecule has 0 N–H and O–H groups in total. The van der Waals surface area contributed by atoms with Gasteiger partial charge in [-0.05, 0) is 49.1 Å². The van der Waals surface area contributed by atoms with Crippen molar-refractivity contribution >= 4 is 33.1 Å². The highest BCUT2D eigenvalue weighted by molar-refractivity contribution is 6.08. The van der Waals surface area contributed by atoms with Crippen LogP contribution in [0.5, 0.6) is 0 Å². The molecule has 0 aliphatic heterocycles. The molecule has 0 bridgehead atoms. The Balaban J connectivity index is 1.84. The maximum absolute atomic E-state index is 6.41. The van der Waals surface area contributed by atoms with Gasteiger partial charge in [-0.1, -0.05) is 38.1 Å². The summed E-state index contributed by atoms with van der Waals surface area (Å²) in [5.74, 6) is 1.70. The second kappa shape index (κ2) is 6.45. The number of rotatable bonds is 3. The van der Waals surface area contributed by atoms with Gasteiger partial charge < -0.3 is 4.42 Å². The highest BCUT2D eigenvalue weighted by atomic mass is 16.3. The van der Waals surface area contributed by atoms with Gasteiger partial charge in [0.25, 0.3) is 5.82 Å². The number of benzene rings is 2. The Morgan fingerprint density at radius 1 is 1.03 bits per heavy atom. The van der Waals surface area contributed by atoms with E-state index >= 15 is 0 Å². The van der Waals surface area contributed by atoms with Crippen molar-refractivity contribution in [1.82, 2.24) is 9.55 Å². The van der Waals surface area contributed by atoms with Crippen LogP contribution in [0.1, 0.15) is 25.1 Å². The summed E-state index contributed by atoms with van der Waals surface area (Å²) in [4.78, 5) is 4.82. The first-order valence-corrected chi connectivity index (χ1v) is 10.2. The number of furan rings is 1. The van der Waals surface area contributed by atoms with Gasteiger partial charge >= 0.3 is 0 Å². The predicted octanol–water partition coefficient (Wildman–Crippen LogP) is 5.47. The molecular weight excluding hydrogens is 358 g/mol. The summed E-state index contributed by atoms with van der Waals surface area (Å²) in [5.41, 5.74) is 7.46. The van der Waals surface area contributed by atoms with Crippen molar-refractivity contribution in [3.05, 3.63) is 59.8 Å². The van der Waals surface area contributed by atoms with E-state index in [2.05, 4.69) is 92.5 Å². The van der Waals surface area contributed by atoms with Crippen LogP contribution in [-0.4, -0.2) is 9.55 Å². The Hall–Kier alpha value is -3.14. The fourth-order valence-corrected chi connectivity index (χ4v) is 4.49. The number of hydrogen-bond acceptors (Lipinski definition) is 2. The van der Waals surface area contributed by atoms with E-state index in [1.165, 1.54) is 16.6 Å². The standard InChI is InChI=1S/C25H26N3O/c1-15(2)14-17-11-13-19-18-12-10-16(3)22(23(18)29-24(19)26-17)25-27(4)20-8-6-7-9-21(20)28(25)5/h6-13,15H,14H2,1-5H3/q+1. The van der Waals surface area contributed by atoms with Gasteiger partial charge in [0.15, 0.2) is 16.6 Å². The predicted molar refractivity (Wildman–Crippen MR) is 118 cm³/mol. The lowest BCUT2D eigenvalue weighted by Crippen LogP contribution is -2.30. The smallest absolute Gasteiger partial charge is 0.293 e. The van der Waals surface area contributed by atoms with Crippen molar-refractivity contribution in [2.75, 3.05) is 0 Å². The van der Waals surface area contributed by atoms with E-state index in [0.717, 1.165) is 45.6 Å². The molecule has 2 aromatic carbocycles. The molecule has 0 fully saturated rings. The van der Waals surface area contributed by atoms with Crippen molar-refractivity contribution in [2.45, 2.75) is 27.2 Å². The van der Waals surface area contributed by atoms with Gasteiger partial charge in [0.05, 0.1) is 14.1 Å². The number of aryl methyl sites for hydroxylation is 3. The number of nitrogens with zero attached hydrogens (tertiary/aromatic N) is 3. The Labute approximate surface area is 170 Å². The highest BCUT2D eigenvalue weighted by Gasteiger charge is 2.27. The summed E-state index contributed by atoms with van der Waals surface area (Å²) in [6.07, 6.45) is 0.955. The summed E-state index contributed by atoms with van der Waals surface area (Å²) in [7, 11) is 4.25. The second-order valence-corrected chi connectivity index (χ2v) is 8.42. The van der Waals surface area contributed by atoms with E-state index in [4.69, 9.17) is 9.40 Å². The van der Waals surface area contributed by atoms with Gasteiger partial charge in [0, 0.05) is 16.5 Å². The van der Waals surface area contributed by atoms with E-state index in [0.29, 0.717) is 5.92 Å². The van der Waals surface area contributed by atoms with Crippen molar-refractivity contribution in [1.29, 1.82) is 0 Å². The first kappa shape index (κ1) is 17.9. The molecule has 0 saturated heterocycles. The van der Waals surface area contributed by atoms with Gasteiger partial charge in [0.1, 0.15) is 5.56 Å². The molecule has 0 saturated carbocycles. The zero-order chi connectivity index (χ0) is 20.3. The number of fused-ring (bicyclic) bond motifs is 4. The van der Waals surface area contributed by atoms with Crippen molar-refractivity contribution in [3.8, 4) is 11.4 Å². The molecular formula is C25H26N3O+. The third-order valence-electron chi connectivity index (χ3n) is 5.85. The topological polar surface area (TPSA) is 34.8 Å². The van der Waals surface area contributed by atoms with Gasteiger partial charge in [-0.3, -0.25) is 0 Å². The quantitative estimate of drug-likeness (QED) is 0.387. The van der Waals surface area contributed by atoms with Gasteiger partial charge in [-0.15, -0.1) is 0 Å². The summed E-state index contributed by atoms with van der Waals surface area (Å²) < 4.78 is 10.9. The van der Waals surface area contributed by atoms with Gasteiger partial charge in [0.2, 0.25) is 5.71 Å². The molecule has 0 aliphatic carbocycles. The Morgan fingerprint density at radius 3 is 2.55 bits per heavy atom. The first-order valence-electron chi connectivity index (χ1n) is 10.2. The van der Waals surface area contributed by atoms with Crippen LogP contribution in [0.2, 0.25) is 0 Å². The molecule has 0 amide bonds. The zero-order valence-corrected chi connectivity index (χ0v) is 17.7. The van der Waals surface area contributed by atoms with Gasteiger partial charge in [-0.2, -0.15) is 0 Å². The molecule has 146 valence electrons. The van der Waals surface area contributed by atoms with E-state index in [-0.39, 0.29) is 0 Å². The van der Waals surface area contributed by atoms with Crippen LogP contribution < -0.4 is 4.57 Å². The van der Waals surface area contributed by atoms with Crippen LogP contribution in [0.3, 0.4) is 0 Å². The average Bonchev–Trinajstić information content (AvgIpc) is 3.17. The fourth-order valence-electron chi connectivity index (χ4n) is 4.49. The molecule has 5 rings (SSSR count). The monoisotopic (exact) mass is 384 g/mol. The third-order valence-corrected chi connectivity index (χ3v) is 5.85. The van der Waals surface area contributed by atoms with E-state index in [1.54, 1.807) is 0 Å². The first-order chi connectivity index (χ1) is 14.0. The van der Waals surface area contributed by atoms with Crippen LogP contribution >= 0.6 is 0 Å². The molecule has 29 heavy (non-hydrogen) atoms. The van der Waals surface area contributed by atoms with Crippen LogP contribution in [0.15, 0.2) is 52.9 Å². The lowest BCUT2D eigenvalue weighted by atomic mass is 10.0. The molecule has 0 unspecified atom stereocenters. The lowest BCUT2D eigenvalue weighted by molar-refractivity contribution is -0.634. The van der Waals surface area contributed by atoms with Crippen LogP contribution in [0.25, 0.3) is 44.5 Å². The summed E-state index contributed by atoms with van der Waals surface area (Å²) in [6, 6.07) is 17.1. The van der Waals surface area contributed by atoms with Crippen molar-refractivity contribution in [2.24, 2.45) is 20.0 Å². The minimum absolute atomic E-state index is 0.567. The number of aromatic nitrogens is 3. The SMILES string of the molecule is Cc1ccc2c(oc3nc(CC(C)C)ccc32)c1-c1n(C)c2ccccc2[n+]1C. The number of hydrogen-bond donors (Lipinski definition) is 0. The Bertz CT molecular complexity index is 1350. The molecule has 4 heteroatoms. The summed E-state index contributed by atoms with van der Waals surface area (Å²) in [6.45, 7) is 6.58. The second-order valence-electron chi connectivity index (χ2n) is 8.42. The number of pyridine rings is 1. The van der Waals surface area contributed by atoms with E-state index in [1.807, 2.05) is 0 Å². The summed E-state index contributed by atoms with van der Waals surface area (Å²) in [5, 5.41) is 2.20. The molecule has 0 atom stereocenters.